The predicted molar refractivity (Wildman–Crippen MR) is 97.8 cm³/mol. The lowest BCUT2D eigenvalue weighted by Gasteiger charge is -2.24. The van der Waals surface area contributed by atoms with Gasteiger partial charge in [0.1, 0.15) is 11.6 Å². The number of methoxy groups -OCH3 is 1. The molecule has 12 heteroatoms. The molecule has 0 aliphatic rings. The Labute approximate surface area is 167 Å². The van der Waals surface area contributed by atoms with Crippen LogP contribution in [-0.4, -0.2) is 33.9 Å². The molecular formula is C17H13ClF4N2O4S. The maximum Gasteiger partial charge on any atom is 0.387 e. The lowest BCUT2D eigenvalue weighted by atomic mass is 10.2. The second-order valence-electron chi connectivity index (χ2n) is 5.73. The van der Waals surface area contributed by atoms with Crippen molar-refractivity contribution in [3.63, 3.8) is 0 Å². The highest BCUT2D eigenvalue weighted by atomic mass is 35.5. The van der Waals surface area contributed by atoms with E-state index in [9.17, 15) is 26.0 Å². The third-order valence-corrected chi connectivity index (χ3v) is 5.92. The number of benzene rings is 2. The van der Waals surface area contributed by atoms with Crippen LogP contribution in [0.4, 0.5) is 23.2 Å². The van der Waals surface area contributed by atoms with E-state index >= 15 is 0 Å². The number of nitrogens with zero attached hydrogens (tertiary/aromatic N) is 1. The zero-order valence-electron chi connectivity index (χ0n) is 14.6. The van der Waals surface area contributed by atoms with Gasteiger partial charge in [-0.25, -0.2) is 21.5 Å². The molecule has 3 aromatic rings. The smallest absolute Gasteiger partial charge is 0.387 e. The summed E-state index contributed by atoms with van der Waals surface area (Å²) >= 11 is 5.88. The van der Waals surface area contributed by atoms with Crippen molar-refractivity contribution in [2.24, 2.45) is 0 Å². The van der Waals surface area contributed by atoms with Gasteiger partial charge in [0.2, 0.25) is 0 Å². The van der Waals surface area contributed by atoms with E-state index in [-0.39, 0.29) is 10.3 Å². The van der Waals surface area contributed by atoms with Gasteiger partial charge < -0.3 is 14.5 Å². The van der Waals surface area contributed by atoms with Gasteiger partial charge in [0.15, 0.2) is 17.4 Å². The van der Waals surface area contributed by atoms with Gasteiger partial charge in [-0.3, -0.25) is 0 Å². The summed E-state index contributed by atoms with van der Waals surface area (Å²) < 4.78 is 88.8. The van der Waals surface area contributed by atoms with Crippen molar-refractivity contribution < 1.29 is 35.5 Å². The zero-order valence-corrected chi connectivity index (χ0v) is 16.2. The van der Waals surface area contributed by atoms with Crippen LogP contribution in [-0.2, 0) is 14.8 Å². The van der Waals surface area contributed by atoms with E-state index in [1.807, 2.05) is 0 Å². The van der Waals surface area contributed by atoms with Crippen molar-refractivity contribution in [3.8, 4) is 5.75 Å². The molecule has 1 N–H and O–H groups in total. The first-order valence-corrected chi connectivity index (χ1v) is 9.69. The second-order valence-corrected chi connectivity index (χ2v) is 7.99. The highest BCUT2D eigenvalue weighted by Crippen LogP contribution is 2.34. The Morgan fingerprint density at radius 3 is 2.55 bits per heavy atom. The number of nitrogens with one attached hydrogen (secondary N) is 1. The minimum Gasteiger partial charge on any atom is -0.432 e. The molecule has 0 atom stereocenters. The number of hydrogen-bond donors (Lipinski definition) is 1. The van der Waals surface area contributed by atoms with Crippen molar-refractivity contribution in [1.82, 2.24) is 4.98 Å². The van der Waals surface area contributed by atoms with Gasteiger partial charge in [-0.1, -0.05) is 11.6 Å². The first kappa shape index (κ1) is 21.2. The molecule has 0 saturated carbocycles. The number of aromatic nitrogens is 1. The number of alkyl halides is 2. The summed E-state index contributed by atoms with van der Waals surface area (Å²) in [5.74, 6) is -3.73. The van der Waals surface area contributed by atoms with E-state index in [0.717, 1.165) is 7.11 Å². The standard InChI is InChI=1S/C17H13ClF4N2O4S/c1-27-8-24(14-5-12(20)15(6-11(14)19)28-17(21)22)29(25,26)16-7-23-13-4-9(18)2-3-10(13)16/h2-7,17,23H,8H2,1H3. The van der Waals surface area contributed by atoms with Crippen molar-refractivity contribution in [2.45, 2.75) is 11.5 Å². The zero-order chi connectivity index (χ0) is 21.3. The van der Waals surface area contributed by atoms with Gasteiger partial charge in [-0.15, -0.1) is 0 Å². The molecule has 2 aromatic carbocycles. The Hall–Kier alpha value is -2.50. The van der Waals surface area contributed by atoms with E-state index in [1.54, 1.807) is 0 Å². The fourth-order valence-corrected chi connectivity index (χ4v) is 4.40. The molecular weight excluding hydrogens is 440 g/mol. The van der Waals surface area contributed by atoms with Crippen molar-refractivity contribution in [2.75, 3.05) is 18.1 Å². The average Bonchev–Trinajstić information content (AvgIpc) is 3.06. The SMILES string of the molecule is COCN(c1cc(F)c(OC(F)F)cc1F)S(=O)(=O)c1c[nH]c2cc(Cl)ccc12. The molecule has 0 saturated heterocycles. The van der Waals surface area contributed by atoms with Crippen molar-refractivity contribution >= 4 is 38.2 Å². The maximum absolute atomic E-state index is 14.5. The number of fused-ring (bicyclic) bond motifs is 1. The number of hydrogen-bond acceptors (Lipinski definition) is 4. The van der Waals surface area contributed by atoms with E-state index in [0.29, 0.717) is 27.0 Å². The van der Waals surface area contributed by atoms with Crippen LogP contribution in [0.2, 0.25) is 5.02 Å². The number of sulfonamides is 1. The molecule has 1 heterocycles. The monoisotopic (exact) mass is 452 g/mol. The van der Waals surface area contributed by atoms with Gasteiger partial charge in [-0.05, 0) is 18.2 Å². The van der Waals surface area contributed by atoms with Crippen LogP contribution in [0.25, 0.3) is 10.9 Å². The van der Waals surface area contributed by atoms with E-state index in [4.69, 9.17) is 16.3 Å². The van der Waals surface area contributed by atoms with Crippen molar-refractivity contribution in [3.05, 3.63) is 53.2 Å². The predicted octanol–water partition coefficient (Wildman–Crippen LogP) is 4.50. The lowest BCUT2D eigenvalue weighted by molar-refractivity contribution is -0.0523. The van der Waals surface area contributed by atoms with Gasteiger partial charge >= 0.3 is 6.61 Å². The average molecular weight is 453 g/mol. The lowest BCUT2D eigenvalue weighted by Crippen LogP contribution is -2.33. The number of H-pyrrole nitrogens is 1. The van der Waals surface area contributed by atoms with E-state index in [2.05, 4.69) is 9.72 Å². The molecule has 0 amide bonds. The molecule has 0 aliphatic carbocycles. The number of aromatic amines is 1. The Kier molecular flexibility index (Phi) is 5.92. The van der Waals surface area contributed by atoms with E-state index < -0.39 is 46.4 Å². The van der Waals surface area contributed by atoms with Crippen LogP contribution in [0.5, 0.6) is 5.75 Å². The van der Waals surface area contributed by atoms with Crippen LogP contribution >= 0.6 is 11.6 Å². The Balaban J connectivity index is 2.13. The number of ether oxygens (including phenoxy) is 2. The van der Waals surface area contributed by atoms with Gasteiger partial charge in [0, 0.05) is 41.4 Å². The molecule has 6 nitrogen and oxygen atoms in total. The van der Waals surface area contributed by atoms with Crippen LogP contribution in [0, 0.1) is 11.6 Å². The molecule has 0 spiro atoms. The minimum absolute atomic E-state index is 0.242. The first-order valence-electron chi connectivity index (χ1n) is 7.87. The molecule has 0 aliphatic heterocycles. The molecule has 29 heavy (non-hydrogen) atoms. The molecule has 0 bridgehead atoms. The minimum atomic E-state index is -4.45. The summed E-state index contributed by atoms with van der Waals surface area (Å²) in [6, 6.07) is 5.18. The summed E-state index contributed by atoms with van der Waals surface area (Å²) in [7, 11) is -3.30. The molecule has 3 rings (SSSR count). The van der Waals surface area contributed by atoms with E-state index in [1.165, 1.54) is 24.4 Å². The Morgan fingerprint density at radius 2 is 1.90 bits per heavy atom. The molecule has 0 radical (unpaired) electrons. The summed E-state index contributed by atoms with van der Waals surface area (Å²) in [4.78, 5) is 2.50. The molecule has 1 aromatic heterocycles. The maximum atomic E-state index is 14.5. The fourth-order valence-electron chi connectivity index (χ4n) is 2.69. The normalized spacial score (nSPS) is 12.0. The highest BCUT2D eigenvalue weighted by Gasteiger charge is 2.31. The highest BCUT2D eigenvalue weighted by molar-refractivity contribution is 7.93. The Morgan fingerprint density at radius 1 is 1.17 bits per heavy atom. The third kappa shape index (κ3) is 4.11. The molecule has 0 fully saturated rings. The summed E-state index contributed by atoms with van der Waals surface area (Å²) in [6.45, 7) is -4.06. The third-order valence-electron chi connectivity index (χ3n) is 3.91. The van der Waals surface area contributed by atoms with Crippen LogP contribution < -0.4 is 9.04 Å². The topological polar surface area (TPSA) is 71.6 Å². The largest absolute Gasteiger partial charge is 0.432 e. The molecule has 0 unspecified atom stereocenters. The van der Waals surface area contributed by atoms with Crippen molar-refractivity contribution in [1.29, 1.82) is 0 Å². The van der Waals surface area contributed by atoms with Gasteiger partial charge in [-0.2, -0.15) is 8.78 Å². The molecule has 156 valence electrons. The number of halogens is 5. The number of anilines is 1. The van der Waals surface area contributed by atoms with Gasteiger partial charge in [0.05, 0.1) is 5.69 Å². The van der Waals surface area contributed by atoms with Gasteiger partial charge in [0.25, 0.3) is 10.0 Å². The van der Waals surface area contributed by atoms with Crippen LogP contribution in [0.3, 0.4) is 0 Å². The Bertz CT molecular complexity index is 1150. The number of rotatable bonds is 7. The first-order chi connectivity index (χ1) is 13.6. The van der Waals surface area contributed by atoms with Crippen LogP contribution in [0.1, 0.15) is 0 Å². The summed E-state index contributed by atoms with van der Waals surface area (Å²) in [6.07, 6.45) is 1.17. The quantitative estimate of drug-likeness (QED) is 0.423. The van der Waals surface area contributed by atoms with Crippen LogP contribution in [0.15, 0.2) is 41.4 Å². The summed E-state index contributed by atoms with van der Waals surface area (Å²) in [5, 5.41) is 0.619. The fraction of sp³-hybridized carbons (Fsp3) is 0.176. The summed E-state index contributed by atoms with van der Waals surface area (Å²) in [5.41, 5.74) is -0.338. The second kappa shape index (κ2) is 8.09.